The quantitative estimate of drug-likeness (QED) is 0.440. The Labute approximate surface area is 86.0 Å². The zero-order chi connectivity index (χ0) is 11.0. The molecule has 14 heavy (non-hydrogen) atoms. The summed E-state index contributed by atoms with van der Waals surface area (Å²) >= 11 is 0. The molecular formula is C10H23NO3. The lowest BCUT2D eigenvalue weighted by molar-refractivity contribution is 0.0673. The third-order valence-electron chi connectivity index (χ3n) is 2.44. The van der Waals surface area contributed by atoms with Crippen LogP contribution < -0.4 is 5.32 Å². The molecule has 0 amide bonds. The van der Waals surface area contributed by atoms with Gasteiger partial charge in [0.25, 0.3) is 0 Å². The van der Waals surface area contributed by atoms with Crippen LogP contribution in [0.25, 0.3) is 0 Å². The summed E-state index contributed by atoms with van der Waals surface area (Å²) in [5.41, 5.74) is -0.451. The van der Waals surface area contributed by atoms with Crippen LogP contribution in [0, 0.1) is 5.41 Å². The molecule has 0 fully saturated rings. The molecule has 0 saturated heterocycles. The van der Waals surface area contributed by atoms with Gasteiger partial charge in [0, 0.05) is 24.6 Å². The number of aliphatic hydroxyl groups excluding tert-OH is 3. The molecule has 0 bridgehead atoms. The van der Waals surface area contributed by atoms with Gasteiger partial charge in [-0.1, -0.05) is 6.92 Å². The summed E-state index contributed by atoms with van der Waals surface area (Å²) in [6, 6.07) is 0.305. The highest BCUT2D eigenvalue weighted by atomic mass is 16.3. The number of aliphatic hydroxyl groups is 3. The summed E-state index contributed by atoms with van der Waals surface area (Å²) in [7, 11) is 0. The Morgan fingerprint density at radius 3 is 2.21 bits per heavy atom. The fourth-order valence-electron chi connectivity index (χ4n) is 1.08. The van der Waals surface area contributed by atoms with Crippen molar-refractivity contribution in [2.24, 2.45) is 5.41 Å². The Hall–Kier alpha value is -0.160. The number of hydrogen-bond donors (Lipinski definition) is 4. The van der Waals surface area contributed by atoms with Crippen LogP contribution >= 0.6 is 0 Å². The van der Waals surface area contributed by atoms with Crippen molar-refractivity contribution in [2.45, 2.75) is 32.7 Å². The van der Waals surface area contributed by atoms with E-state index in [1.807, 2.05) is 13.8 Å². The highest BCUT2D eigenvalue weighted by Gasteiger charge is 2.22. The van der Waals surface area contributed by atoms with Crippen molar-refractivity contribution in [1.29, 1.82) is 0 Å². The molecule has 1 atom stereocenters. The SMILES string of the molecule is CC(CCCO)NCC(C)(CO)CO. The van der Waals surface area contributed by atoms with Crippen molar-refractivity contribution < 1.29 is 15.3 Å². The van der Waals surface area contributed by atoms with E-state index in [0.29, 0.717) is 12.6 Å². The van der Waals surface area contributed by atoms with Gasteiger partial charge < -0.3 is 20.6 Å². The molecule has 4 N–H and O–H groups in total. The van der Waals surface area contributed by atoms with Crippen LogP contribution in [0.2, 0.25) is 0 Å². The second-order valence-electron chi connectivity index (χ2n) is 4.27. The lowest BCUT2D eigenvalue weighted by atomic mass is 9.92. The number of hydrogen-bond acceptors (Lipinski definition) is 4. The average Bonchev–Trinajstić information content (AvgIpc) is 2.23. The van der Waals surface area contributed by atoms with Crippen molar-refractivity contribution in [3.05, 3.63) is 0 Å². The predicted molar refractivity (Wildman–Crippen MR) is 56.1 cm³/mol. The van der Waals surface area contributed by atoms with Crippen LogP contribution in [0.15, 0.2) is 0 Å². The molecule has 0 aliphatic heterocycles. The lowest BCUT2D eigenvalue weighted by Crippen LogP contribution is -2.41. The van der Waals surface area contributed by atoms with Crippen molar-refractivity contribution in [2.75, 3.05) is 26.4 Å². The van der Waals surface area contributed by atoms with E-state index >= 15 is 0 Å². The van der Waals surface area contributed by atoms with Gasteiger partial charge in [0.05, 0.1) is 13.2 Å². The molecule has 4 heteroatoms. The fraction of sp³-hybridized carbons (Fsp3) is 1.00. The molecule has 0 radical (unpaired) electrons. The van der Waals surface area contributed by atoms with E-state index in [4.69, 9.17) is 15.3 Å². The second kappa shape index (κ2) is 7.17. The van der Waals surface area contributed by atoms with Crippen LogP contribution in [0.1, 0.15) is 26.7 Å². The van der Waals surface area contributed by atoms with E-state index in [-0.39, 0.29) is 19.8 Å². The molecule has 0 aromatic rings. The van der Waals surface area contributed by atoms with E-state index in [0.717, 1.165) is 12.8 Å². The van der Waals surface area contributed by atoms with Crippen LogP contribution in [0.3, 0.4) is 0 Å². The molecule has 0 aromatic heterocycles. The van der Waals surface area contributed by atoms with Gasteiger partial charge in [-0.3, -0.25) is 0 Å². The largest absolute Gasteiger partial charge is 0.396 e. The molecule has 0 spiro atoms. The van der Waals surface area contributed by atoms with Crippen LogP contribution in [0.4, 0.5) is 0 Å². The summed E-state index contributed by atoms with van der Waals surface area (Å²) < 4.78 is 0. The van der Waals surface area contributed by atoms with Gasteiger partial charge in [0.1, 0.15) is 0 Å². The summed E-state index contributed by atoms with van der Waals surface area (Å²) in [4.78, 5) is 0. The van der Waals surface area contributed by atoms with Gasteiger partial charge in [-0.2, -0.15) is 0 Å². The topological polar surface area (TPSA) is 72.7 Å². The van der Waals surface area contributed by atoms with E-state index < -0.39 is 5.41 Å². The first-order valence-corrected chi connectivity index (χ1v) is 5.14. The predicted octanol–water partition coefficient (Wildman–Crippen LogP) is -0.272. The van der Waals surface area contributed by atoms with Crippen LogP contribution in [-0.4, -0.2) is 47.7 Å². The molecule has 4 nitrogen and oxygen atoms in total. The van der Waals surface area contributed by atoms with Gasteiger partial charge in [-0.15, -0.1) is 0 Å². The highest BCUT2D eigenvalue weighted by Crippen LogP contribution is 2.12. The molecule has 0 aliphatic rings. The van der Waals surface area contributed by atoms with Crippen LogP contribution in [-0.2, 0) is 0 Å². The Morgan fingerprint density at radius 2 is 1.79 bits per heavy atom. The second-order valence-corrected chi connectivity index (χ2v) is 4.27. The van der Waals surface area contributed by atoms with Gasteiger partial charge in [-0.25, -0.2) is 0 Å². The van der Waals surface area contributed by atoms with E-state index in [1.165, 1.54) is 0 Å². The molecule has 0 aliphatic carbocycles. The van der Waals surface area contributed by atoms with E-state index in [2.05, 4.69) is 5.32 Å². The van der Waals surface area contributed by atoms with Crippen molar-refractivity contribution in [3.8, 4) is 0 Å². The van der Waals surface area contributed by atoms with Gasteiger partial charge in [0.2, 0.25) is 0 Å². The highest BCUT2D eigenvalue weighted by molar-refractivity contribution is 4.76. The summed E-state index contributed by atoms with van der Waals surface area (Å²) in [5.74, 6) is 0. The molecule has 0 rings (SSSR count). The molecular weight excluding hydrogens is 182 g/mol. The van der Waals surface area contributed by atoms with E-state index in [9.17, 15) is 0 Å². The third kappa shape index (κ3) is 5.54. The standard InChI is InChI=1S/C10H23NO3/c1-9(4-3-5-12)11-6-10(2,7-13)8-14/h9,11-14H,3-8H2,1-2H3. The Morgan fingerprint density at radius 1 is 1.21 bits per heavy atom. The maximum atomic E-state index is 9.03. The fourth-order valence-corrected chi connectivity index (χ4v) is 1.08. The molecule has 86 valence electrons. The first-order chi connectivity index (χ1) is 6.58. The third-order valence-corrected chi connectivity index (χ3v) is 2.44. The zero-order valence-electron chi connectivity index (χ0n) is 9.16. The zero-order valence-corrected chi connectivity index (χ0v) is 9.16. The Balaban J connectivity index is 3.68. The minimum Gasteiger partial charge on any atom is -0.396 e. The van der Waals surface area contributed by atoms with Crippen molar-refractivity contribution in [3.63, 3.8) is 0 Å². The molecule has 0 heterocycles. The minimum atomic E-state index is -0.451. The van der Waals surface area contributed by atoms with Gasteiger partial charge in [0.15, 0.2) is 0 Å². The van der Waals surface area contributed by atoms with Crippen molar-refractivity contribution >= 4 is 0 Å². The maximum absolute atomic E-state index is 9.03. The molecule has 1 unspecified atom stereocenters. The van der Waals surface area contributed by atoms with Gasteiger partial charge in [-0.05, 0) is 19.8 Å². The monoisotopic (exact) mass is 205 g/mol. The number of rotatable bonds is 8. The molecule has 0 saturated carbocycles. The normalized spacial score (nSPS) is 14.4. The van der Waals surface area contributed by atoms with Crippen molar-refractivity contribution in [1.82, 2.24) is 5.32 Å². The number of nitrogens with one attached hydrogen (secondary N) is 1. The first kappa shape index (κ1) is 13.8. The van der Waals surface area contributed by atoms with Crippen LogP contribution in [0.5, 0.6) is 0 Å². The van der Waals surface area contributed by atoms with Gasteiger partial charge >= 0.3 is 0 Å². The van der Waals surface area contributed by atoms with E-state index in [1.54, 1.807) is 0 Å². The lowest BCUT2D eigenvalue weighted by Gasteiger charge is -2.27. The first-order valence-electron chi connectivity index (χ1n) is 5.14. The Bertz CT molecular complexity index is 137. The Kier molecular flexibility index (Phi) is 7.09. The molecule has 0 aromatic carbocycles. The summed E-state index contributed by atoms with van der Waals surface area (Å²) in [6.45, 7) is 4.62. The summed E-state index contributed by atoms with van der Waals surface area (Å²) in [5, 5.41) is 29.9. The maximum Gasteiger partial charge on any atom is 0.0518 e. The summed E-state index contributed by atoms with van der Waals surface area (Å²) in [6.07, 6.45) is 1.69. The minimum absolute atomic E-state index is 0.0246. The average molecular weight is 205 g/mol. The smallest absolute Gasteiger partial charge is 0.0518 e.